The maximum Gasteiger partial charge on any atom is 0.274 e. The minimum absolute atomic E-state index is 0.108. The molecule has 0 aromatic carbocycles. The van der Waals surface area contributed by atoms with Crippen molar-refractivity contribution in [3.63, 3.8) is 0 Å². The largest absolute Gasteiger partial charge is 0.337 e. The fourth-order valence-corrected chi connectivity index (χ4v) is 4.12. The van der Waals surface area contributed by atoms with E-state index in [1.807, 2.05) is 17.2 Å². The summed E-state index contributed by atoms with van der Waals surface area (Å²) in [5.41, 5.74) is 4.21. The molecule has 2 aliphatic rings. The van der Waals surface area contributed by atoms with Gasteiger partial charge in [0.25, 0.3) is 5.91 Å². The molecule has 132 valence electrons. The molecule has 1 aliphatic heterocycles. The summed E-state index contributed by atoms with van der Waals surface area (Å²) >= 11 is 0. The smallest absolute Gasteiger partial charge is 0.274 e. The summed E-state index contributed by atoms with van der Waals surface area (Å²) in [5.74, 6) is 0.634. The van der Waals surface area contributed by atoms with E-state index < -0.39 is 0 Å². The van der Waals surface area contributed by atoms with Crippen LogP contribution in [0, 0.1) is 5.92 Å². The molecule has 0 unspecified atom stereocenters. The van der Waals surface area contributed by atoms with E-state index in [1.165, 1.54) is 5.56 Å². The molecule has 1 amide bonds. The number of likely N-dealkylation sites (tertiary alicyclic amines) is 1. The van der Waals surface area contributed by atoms with Crippen molar-refractivity contribution in [1.82, 2.24) is 25.0 Å². The van der Waals surface area contributed by atoms with Gasteiger partial charge in [-0.05, 0) is 50.3 Å². The van der Waals surface area contributed by atoms with Crippen molar-refractivity contribution < 1.29 is 4.79 Å². The Morgan fingerprint density at radius 3 is 3.20 bits per heavy atom. The number of pyridine rings is 1. The molecule has 0 saturated carbocycles. The molecular formula is C19H25N5O. The lowest BCUT2D eigenvalue weighted by atomic mass is 10.1. The van der Waals surface area contributed by atoms with Crippen molar-refractivity contribution in [2.45, 2.75) is 32.2 Å². The number of carbonyl (C=O) groups is 1. The van der Waals surface area contributed by atoms with Crippen molar-refractivity contribution in [2.24, 2.45) is 5.92 Å². The summed E-state index contributed by atoms with van der Waals surface area (Å²) in [4.78, 5) is 21.3. The highest BCUT2D eigenvalue weighted by molar-refractivity contribution is 5.94. The number of hydrogen-bond acceptors (Lipinski definition) is 4. The van der Waals surface area contributed by atoms with E-state index in [4.69, 9.17) is 0 Å². The van der Waals surface area contributed by atoms with Gasteiger partial charge in [-0.25, -0.2) is 0 Å². The predicted octanol–water partition coefficient (Wildman–Crippen LogP) is 1.89. The summed E-state index contributed by atoms with van der Waals surface area (Å²) in [6.07, 6.45) is 7.92. The van der Waals surface area contributed by atoms with Crippen molar-refractivity contribution in [1.29, 1.82) is 0 Å². The van der Waals surface area contributed by atoms with Crippen molar-refractivity contribution in [2.75, 3.05) is 26.7 Å². The number of carbonyl (C=O) groups excluding carboxylic acids is 1. The molecule has 1 N–H and O–H groups in total. The van der Waals surface area contributed by atoms with Crippen LogP contribution in [0.1, 0.15) is 40.2 Å². The lowest BCUT2D eigenvalue weighted by molar-refractivity contribution is 0.0777. The SMILES string of the molecule is CN(Cc1cccnc1)C[C@H]1CCN(C(=O)c2n[nH]c3c2CCC3)C1. The Morgan fingerprint density at radius 2 is 2.36 bits per heavy atom. The van der Waals surface area contributed by atoms with E-state index in [2.05, 4.69) is 33.2 Å². The molecule has 1 saturated heterocycles. The van der Waals surface area contributed by atoms with Gasteiger partial charge in [-0.15, -0.1) is 0 Å². The number of hydrogen-bond donors (Lipinski definition) is 1. The van der Waals surface area contributed by atoms with Crippen molar-refractivity contribution in [3.8, 4) is 0 Å². The first-order valence-electron chi connectivity index (χ1n) is 9.13. The van der Waals surface area contributed by atoms with Crippen LogP contribution in [-0.2, 0) is 19.4 Å². The maximum atomic E-state index is 12.8. The molecule has 3 heterocycles. The molecule has 1 fully saturated rings. The highest BCUT2D eigenvalue weighted by atomic mass is 16.2. The van der Waals surface area contributed by atoms with E-state index in [-0.39, 0.29) is 5.91 Å². The Kier molecular flexibility index (Phi) is 4.53. The van der Waals surface area contributed by atoms with Gasteiger partial charge >= 0.3 is 0 Å². The predicted molar refractivity (Wildman–Crippen MR) is 95.2 cm³/mol. The zero-order chi connectivity index (χ0) is 17.2. The number of nitrogens with one attached hydrogen (secondary N) is 1. The van der Waals surface area contributed by atoms with Crippen LogP contribution in [0.5, 0.6) is 0 Å². The van der Waals surface area contributed by atoms with Gasteiger partial charge < -0.3 is 9.80 Å². The van der Waals surface area contributed by atoms with E-state index in [1.54, 1.807) is 6.20 Å². The normalized spacial score (nSPS) is 19.6. The average Bonchev–Trinajstić information content (AvgIpc) is 3.31. The van der Waals surface area contributed by atoms with E-state index in [0.29, 0.717) is 11.6 Å². The minimum Gasteiger partial charge on any atom is -0.337 e. The number of rotatable bonds is 5. The molecule has 25 heavy (non-hydrogen) atoms. The second-order valence-corrected chi connectivity index (χ2v) is 7.35. The van der Waals surface area contributed by atoms with Crippen LogP contribution in [0.25, 0.3) is 0 Å². The fraction of sp³-hybridized carbons (Fsp3) is 0.526. The van der Waals surface area contributed by atoms with Gasteiger partial charge in [0.2, 0.25) is 0 Å². The number of H-pyrrole nitrogens is 1. The third-order valence-corrected chi connectivity index (χ3v) is 5.33. The van der Waals surface area contributed by atoms with Gasteiger partial charge in [0.05, 0.1) is 0 Å². The molecule has 2 aromatic heterocycles. The van der Waals surface area contributed by atoms with Crippen LogP contribution in [0.2, 0.25) is 0 Å². The van der Waals surface area contributed by atoms with E-state index in [9.17, 15) is 4.79 Å². The van der Waals surface area contributed by atoms with Crippen LogP contribution < -0.4 is 0 Å². The quantitative estimate of drug-likeness (QED) is 0.903. The first kappa shape index (κ1) is 16.3. The number of aromatic amines is 1. The first-order chi connectivity index (χ1) is 12.2. The standard InChI is InChI=1S/C19H25N5O/c1-23(11-14-4-3-8-20-10-14)12-15-7-9-24(13-15)19(25)18-16-5-2-6-17(16)21-22-18/h3-4,8,10,15H,2,5-7,9,11-13H2,1H3,(H,21,22)/t15-/m1/s1. The van der Waals surface area contributed by atoms with Crippen molar-refractivity contribution >= 4 is 5.91 Å². The number of fused-ring (bicyclic) bond motifs is 1. The molecule has 1 aliphatic carbocycles. The topological polar surface area (TPSA) is 65.1 Å². The number of amides is 1. The van der Waals surface area contributed by atoms with Crippen molar-refractivity contribution in [3.05, 3.63) is 47.0 Å². The Hall–Kier alpha value is -2.21. The van der Waals surface area contributed by atoms with Gasteiger partial charge in [0.15, 0.2) is 5.69 Å². The van der Waals surface area contributed by atoms with Gasteiger partial charge in [0.1, 0.15) is 0 Å². The van der Waals surface area contributed by atoms with Crippen LogP contribution in [0.4, 0.5) is 0 Å². The van der Waals surface area contributed by atoms with Gasteiger partial charge in [0, 0.05) is 49.8 Å². The third kappa shape index (κ3) is 3.44. The second kappa shape index (κ2) is 6.96. The Morgan fingerprint density at radius 1 is 1.44 bits per heavy atom. The highest BCUT2D eigenvalue weighted by Crippen LogP contribution is 2.26. The third-order valence-electron chi connectivity index (χ3n) is 5.33. The van der Waals surface area contributed by atoms with E-state index in [0.717, 1.165) is 63.1 Å². The molecule has 0 bridgehead atoms. The molecule has 6 nitrogen and oxygen atoms in total. The average molecular weight is 339 g/mol. The number of nitrogens with zero attached hydrogens (tertiary/aromatic N) is 4. The molecular weight excluding hydrogens is 314 g/mol. The molecule has 2 aromatic rings. The fourth-order valence-electron chi connectivity index (χ4n) is 4.12. The lowest BCUT2D eigenvalue weighted by Crippen LogP contribution is -2.32. The Balaban J connectivity index is 1.32. The number of aryl methyl sites for hydroxylation is 1. The van der Waals surface area contributed by atoms with Crippen LogP contribution in [0.15, 0.2) is 24.5 Å². The number of aromatic nitrogens is 3. The summed E-state index contributed by atoms with van der Waals surface area (Å²) < 4.78 is 0. The Labute approximate surface area is 148 Å². The Bertz CT molecular complexity index is 742. The summed E-state index contributed by atoms with van der Waals surface area (Å²) in [6.45, 7) is 3.56. The summed E-state index contributed by atoms with van der Waals surface area (Å²) in [6, 6.07) is 4.08. The molecule has 6 heteroatoms. The highest BCUT2D eigenvalue weighted by Gasteiger charge is 2.31. The first-order valence-corrected chi connectivity index (χ1v) is 9.13. The molecule has 1 atom stereocenters. The van der Waals surface area contributed by atoms with Crippen LogP contribution in [0.3, 0.4) is 0 Å². The maximum absolute atomic E-state index is 12.8. The molecule has 4 rings (SSSR count). The zero-order valence-electron chi connectivity index (χ0n) is 14.7. The summed E-state index contributed by atoms with van der Waals surface area (Å²) in [5, 5.41) is 7.34. The van der Waals surface area contributed by atoms with Crippen LogP contribution in [-0.4, -0.2) is 57.6 Å². The van der Waals surface area contributed by atoms with Gasteiger partial charge in [-0.3, -0.25) is 14.9 Å². The van der Waals surface area contributed by atoms with Crippen LogP contribution >= 0.6 is 0 Å². The van der Waals surface area contributed by atoms with Gasteiger partial charge in [-0.2, -0.15) is 5.10 Å². The molecule has 0 radical (unpaired) electrons. The van der Waals surface area contributed by atoms with Gasteiger partial charge in [-0.1, -0.05) is 6.07 Å². The summed E-state index contributed by atoms with van der Waals surface area (Å²) in [7, 11) is 2.14. The van der Waals surface area contributed by atoms with E-state index >= 15 is 0 Å². The zero-order valence-corrected chi connectivity index (χ0v) is 14.7. The monoisotopic (exact) mass is 339 g/mol. The second-order valence-electron chi connectivity index (χ2n) is 7.35. The minimum atomic E-state index is 0.108. The lowest BCUT2D eigenvalue weighted by Gasteiger charge is -2.21. The molecule has 0 spiro atoms.